The molecule has 2 amide bonds. The lowest BCUT2D eigenvalue weighted by atomic mass is 10.0. The van der Waals surface area contributed by atoms with E-state index in [-0.39, 0.29) is 12.1 Å². The summed E-state index contributed by atoms with van der Waals surface area (Å²) in [6.07, 6.45) is 5.73. The van der Waals surface area contributed by atoms with Gasteiger partial charge in [0.15, 0.2) is 5.01 Å². The fraction of sp³-hybridized carbons (Fsp3) is 0.217. The number of hydrogen-bond donors (Lipinski definition) is 3. The lowest BCUT2D eigenvalue weighted by Crippen LogP contribution is -2.30. The number of hydrogen-bond acceptors (Lipinski definition) is 5. The molecule has 0 bridgehead atoms. The van der Waals surface area contributed by atoms with Crippen LogP contribution >= 0.6 is 11.3 Å². The number of β-amino-alcohol motifs (C(OH)–C–C–N with tert-alkyl or cyclic N) is 1. The van der Waals surface area contributed by atoms with Crippen LogP contribution in [-0.2, 0) is 6.54 Å². The third kappa shape index (κ3) is 4.62. The van der Waals surface area contributed by atoms with Gasteiger partial charge in [0.05, 0.1) is 6.10 Å². The Morgan fingerprint density at radius 2 is 2.10 bits per heavy atom. The van der Waals surface area contributed by atoms with Gasteiger partial charge in [0, 0.05) is 30.7 Å². The molecule has 3 aromatic rings. The third-order valence-corrected chi connectivity index (χ3v) is 5.78. The normalized spacial score (nSPS) is 15.6. The number of terminal acetylenes is 1. The number of anilines is 2. The van der Waals surface area contributed by atoms with Crippen molar-refractivity contribution >= 4 is 28.9 Å². The Hall–Kier alpha value is -3.34. The predicted molar refractivity (Wildman–Crippen MR) is 121 cm³/mol. The Labute approximate surface area is 179 Å². The van der Waals surface area contributed by atoms with E-state index in [1.165, 1.54) is 11.3 Å². The first kappa shape index (κ1) is 20.0. The second-order valence-corrected chi connectivity index (χ2v) is 7.95. The molecule has 0 aliphatic carbocycles. The third-order valence-electron chi connectivity index (χ3n) is 5.01. The SMILES string of the molecule is C#Cc1nc(NC(=O)NCc2ccc(-c3ccccc3)cc2N2CCC(O)C2)cs1. The van der Waals surface area contributed by atoms with Gasteiger partial charge in [0.2, 0.25) is 0 Å². The van der Waals surface area contributed by atoms with Crippen LogP contribution in [0.25, 0.3) is 11.1 Å². The van der Waals surface area contributed by atoms with Crippen molar-refractivity contribution in [3.05, 3.63) is 64.5 Å². The summed E-state index contributed by atoms with van der Waals surface area (Å²) < 4.78 is 0. The molecule has 30 heavy (non-hydrogen) atoms. The molecular formula is C23H22N4O2S. The number of benzene rings is 2. The maximum atomic E-state index is 12.3. The molecule has 1 atom stereocenters. The van der Waals surface area contributed by atoms with Crippen LogP contribution in [0.2, 0.25) is 0 Å². The van der Waals surface area contributed by atoms with Crippen molar-refractivity contribution in [2.45, 2.75) is 19.1 Å². The number of nitrogens with one attached hydrogen (secondary N) is 2. The van der Waals surface area contributed by atoms with E-state index in [2.05, 4.69) is 50.7 Å². The number of rotatable bonds is 5. The van der Waals surface area contributed by atoms with Gasteiger partial charge >= 0.3 is 6.03 Å². The van der Waals surface area contributed by atoms with Crippen molar-refractivity contribution in [2.24, 2.45) is 0 Å². The summed E-state index contributed by atoms with van der Waals surface area (Å²) in [7, 11) is 0. The molecule has 0 radical (unpaired) electrons. The lowest BCUT2D eigenvalue weighted by molar-refractivity contribution is 0.198. The number of aliphatic hydroxyl groups excluding tert-OH is 1. The van der Waals surface area contributed by atoms with Gasteiger partial charge in [-0.15, -0.1) is 17.8 Å². The highest BCUT2D eigenvalue weighted by molar-refractivity contribution is 7.10. The van der Waals surface area contributed by atoms with Crippen LogP contribution in [0.5, 0.6) is 0 Å². The van der Waals surface area contributed by atoms with Gasteiger partial charge in [-0.3, -0.25) is 5.32 Å². The van der Waals surface area contributed by atoms with E-state index < -0.39 is 0 Å². The Balaban J connectivity index is 1.51. The number of urea groups is 1. The lowest BCUT2D eigenvalue weighted by Gasteiger charge is -2.23. The van der Waals surface area contributed by atoms with E-state index >= 15 is 0 Å². The molecule has 3 N–H and O–H groups in total. The minimum atomic E-state index is -0.344. The molecule has 7 heteroatoms. The van der Waals surface area contributed by atoms with E-state index in [4.69, 9.17) is 6.42 Å². The highest BCUT2D eigenvalue weighted by Gasteiger charge is 2.23. The van der Waals surface area contributed by atoms with Crippen molar-refractivity contribution in [3.8, 4) is 23.5 Å². The average molecular weight is 419 g/mol. The molecule has 6 nitrogen and oxygen atoms in total. The summed E-state index contributed by atoms with van der Waals surface area (Å²) in [6.45, 7) is 1.73. The summed E-state index contributed by atoms with van der Waals surface area (Å²) in [5.74, 6) is 2.89. The average Bonchev–Trinajstić information content (AvgIpc) is 3.41. The molecule has 0 spiro atoms. The first-order valence-corrected chi connectivity index (χ1v) is 10.6. The number of amides is 2. The van der Waals surface area contributed by atoms with Crippen LogP contribution in [0.4, 0.5) is 16.3 Å². The summed E-state index contributed by atoms with van der Waals surface area (Å²) in [5, 5.41) is 17.8. The molecule has 1 unspecified atom stereocenters. The Kier molecular flexibility index (Phi) is 5.98. The van der Waals surface area contributed by atoms with E-state index in [1.807, 2.05) is 24.3 Å². The van der Waals surface area contributed by atoms with Crippen LogP contribution in [0, 0.1) is 12.3 Å². The highest BCUT2D eigenvalue weighted by Crippen LogP contribution is 2.30. The Morgan fingerprint density at radius 3 is 2.80 bits per heavy atom. The fourth-order valence-corrected chi connectivity index (χ4v) is 4.07. The number of nitrogens with zero attached hydrogens (tertiary/aromatic N) is 2. The minimum absolute atomic E-state index is 0.329. The zero-order chi connectivity index (χ0) is 20.9. The minimum Gasteiger partial charge on any atom is -0.391 e. The molecule has 152 valence electrons. The monoisotopic (exact) mass is 418 g/mol. The van der Waals surface area contributed by atoms with Gasteiger partial charge < -0.3 is 15.3 Å². The molecule has 2 heterocycles. The summed E-state index contributed by atoms with van der Waals surface area (Å²) >= 11 is 1.30. The van der Waals surface area contributed by atoms with Crippen molar-refractivity contribution in [2.75, 3.05) is 23.3 Å². The highest BCUT2D eigenvalue weighted by atomic mass is 32.1. The molecule has 1 aromatic heterocycles. The van der Waals surface area contributed by atoms with E-state index in [0.29, 0.717) is 23.9 Å². The summed E-state index contributed by atoms with van der Waals surface area (Å²) in [6, 6.07) is 16.0. The number of aliphatic hydroxyl groups is 1. The maximum absolute atomic E-state index is 12.3. The Bertz CT molecular complexity index is 1070. The van der Waals surface area contributed by atoms with Crippen molar-refractivity contribution in [1.29, 1.82) is 0 Å². The smallest absolute Gasteiger partial charge is 0.320 e. The fourth-order valence-electron chi connectivity index (χ4n) is 3.51. The standard InChI is InChI=1S/C23H22N4O2S/c1-2-22-25-21(15-30-22)26-23(29)24-13-18-9-8-17(16-6-4-3-5-7-16)12-20(18)27-11-10-19(28)14-27/h1,3-9,12,15,19,28H,10-11,13-14H2,(H2,24,26,29). The number of carbonyl (C=O) groups excluding carboxylic acids is 1. The molecule has 1 aliphatic heterocycles. The van der Waals surface area contributed by atoms with Gasteiger partial charge in [-0.2, -0.15) is 0 Å². The Morgan fingerprint density at radius 1 is 1.27 bits per heavy atom. The first-order valence-electron chi connectivity index (χ1n) is 9.71. The van der Waals surface area contributed by atoms with E-state index in [1.54, 1.807) is 5.38 Å². The number of carbonyl (C=O) groups is 1. The number of thiazole rings is 1. The maximum Gasteiger partial charge on any atom is 0.320 e. The van der Waals surface area contributed by atoms with Crippen LogP contribution in [0.3, 0.4) is 0 Å². The first-order chi connectivity index (χ1) is 14.6. The summed E-state index contributed by atoms with van der Waals surface area (Å²) in [4.78, 5) is 18.6. The van der Waals surface area contributed by atoms with Crippen LogP contribution < -0.4 is 15.5 Å². The summed E-state index contributed by atoms with van der Waals surface area (Å²) in [5.41, 5.74) is 4.24. The second-order valence-electron chi connectivity index (χ2n) is 7.09. The topological polar surface area (TPSA) is 77.5 Å². The van der Waals surface area contributed by atoms with Crippen LogP contribution in [-0.4, -0.2) is 35.3 Å². The van der Waals surface area contributed by atoms with Gasteiger partial charge in [0.25, 0.3) is 0 Å². The van der Waals surface area contributed by atoms with Gasteiger partial charge in [-0.05, 0) is 35.1 Å². The number of aromatic nitrogens is 1. The molecule has 0 saturated carbocycles. The van der Waals surface area contributed by atoms with Gasteiger partial charge in [0.1, 0.15) is 5.82 Å². The molecule has 2 aromatic carbocycles. The molecule has 4 rings (SSSR count). The van der Waals surface area contributed by atoms with Crippen LogP contribution in [0.1, 0.15) is 17.0 Å². The largest absolute Gasteiger partial charge is 0.391 e. The molecule has 1 fully saturated rings. The van der Waals surface area contributed by atoms with Gasteiger partial charge in [-0.1, -0.05) is 42.5 Å². The van der Waals surface area contributed by atoms with Crippen molar-refractivity contribution in [1.82, 2.24) is 10.3 Å². The predicted octanol–water partition coefficient (Wildman–Crippen LogP) is 3.68. The zero-order valence-corrected chi connectivity index (χ0v) is 17.2. The van der Waals surface area contributed by atoms with Crippen molar-refractivity contribution in [3.63, 3.8) is 0 Å². The quantitative estimate of drug-likeness (QED) is 0.553. The second kappa shape index (κ2) is 8.99. The molecular weight excluding hydrogens is 396 g/mol. The van der Waals surface area contributed by atoms with Gasteiger partial charge in [-0.25, -0.2) is 9.78 Å². The van der Waals surface area contributed by atoms with E-state index in [9.17, 15) is 9.90 Å². The molecule has 1 aliphatic rings. The zero-order valence-electron chi connectivity index (χ0n) is 16.3. The van der Waals surface area contributed by atoms with E-state index in [0.717, 1.165) is 35.3 Å². The van der Waals surface area contributed by atoms with Crippen molar-refractivity contribution < 1.29 is 9.90 Å². The van der Waals surface area contributed by atoms with Crippen LogP contribution in [0.15, 0.2) is 53.9 Å². The molecule has 1 saturated heterocycles.